The van der Waals surface area contributed by atoms with Gasteiger partial charge in [0.05, 0.1) is 11.4 Å². The number of hydrogen-bond acceptors (Lipinski definition) is 5. The molecular formula is C19H26N4OS. The van der Waals surface area contributed by atoms with Gasteiger partial charge in [-0.1, -0.05) is 18.9 Å². The summed E-state index contributed by atoms with van der Waals surface area (Å²) in [6.07, 6.45) is 8.07. The van der Waals surface area contributed by atoms with Gasteiger partial charge in [0.2, 0.25) is 0 Å². The Kier molecular flexibility index (Phi) is 6.53. The Morgan fingerprint density at radius 2 is 2.04 bits per heavy atom. The van der Waals surface area contributed by atoms with Crippen LogP contribution in [0.3, 0.4) is 0 Å². The molecule has 0 saturated carbocycles. The van der Waals surface area contributed by atoms with Crippen molar-refractivity contribution in [2.75, 3.05) is 26.2 Å². The quantitative estimate of drug-likeness (QED) is 0.803. The first-order valence-corrected chi connectivity index (χ1v) is 9.95. The fourth-order valence-electron chi connectivity index (χ4n) is 3.15. The predicted molar refractivity (Wildman–Crippen MR) is 102 cm³/mol. The van der Waals surface area contributed by atoms with Crippen LogP contribution in [0.15, 0.2) is 24.4 Å². The highest BCUT2D eigenvalue weighted by Gasteiger charge is 2.16. The van der Waals surface area contributed by atoms with Gasteiger partial charge in [-0.3, -0.25) is 9.78 Å². The standard InChI is InChI=1S/C19H26N4OS/c1-15-17(25-19(22-15)16-9-4-5-10-20-16)18(24)21-11-8-14-23-12-6-2-3-7-13-23/h4-5,9-10H,2-3,6-8,11-14H2,1H3,(H,21,24). The normalized spacial score (nSPS) is 15.7. The Morgan fingerprint density at radius 3 is 2.76 bits per heavy atom. The highest BCUT2D eigenvalue weighted by Crippen LogP contribution is 2.26. The second-order valence-electron chi connectivity index (χ2n) is 6.51. The van der Waals surface area contributed by atoms with Gasteiger partial charge in [-0.05, 0) is 58.0 Å². The van der Waals surface area contributed by atoms with E-state index < -0.39 is 0 Å². The van der Waals surface area contributed by atoms with E-state index in [1.165, 1.54) is 50.1 Å². The zero-order valence-corrected chi connectivity index (χ0v) is 15.6. The van der Waals surface area contributed by atoms with Crippen molar-refractivity contribution in [1.29, 1.82) is 0 Å². The lowest BCUT2D eigenvalue weighted by Crippen LogP contribution is -2.30. The molecule has 1 aliphatic rings. The van der Waals surface area contributed by atoms with Crippen molar-refractivity contribution in [2.24, 2.45) is 0 Å². The van der Waals surface area contributed by atoms with Crippen molar-refractivity contribution in [2.45, 2.75) is 39.0 Å². The smallest absolute Gasteiger partial charge is 0.263 e. The van der Waals surface area contributed by atoms with E-state index in [-0.39, 0.29) is 5.91 Å². The van der Waals surface area contributed by atoms with Crippen LogP contribution in [0.5, 0.6) is 0 Å². The molecule has 1 fully saturated rings. The second kappa shape index (κ2) is 9.06. The number of amides is 1. The van der Waals surface area contributed by atoms with Crippen LogP contribution in [0.25, 0.3) is 10.7 Å². The third kappa shape index (κ3) is 5.09. The molecule has 6 heteroatoms. The average Bonchev–Trinajstić information content (AvgIpc) is 2.85. The molecule has 2 aromatic rings. The topological polar surface area (TPSA) is 58.1 Å². The van der Waals surface area contributed by atoms with E-state index in [0.29, 0.717) is 11.4 Å². The van der Waals surface area contributed by atoms with Gasteiger partial charge in [0.15, 0.2) is 0 Å². The molecule has 2 aromatic heterocycles. The molecule has 0 aromatic carbocycles. The summed E-state index contributed by atoms with van der Waals surface area (Å²) in [4.78, 5) is 24.5. The number of nitrogens with one attached hydrogen (secondary N) is 1. The van der Waals surface area contributed by atoms with Gasteiger partial charge in [-0.2, -0.15) is 0 Å². The first-order valence-electron chi connectivity index (χ1n) is 9.13. The van der Waals surface area contributed by atoms with Crippen LogP contribution < -0.4 is 5.32 Å². The van der Waals surface area contributed by atoms with Gasteiger partial charge in [-0.15, -0.1) is 11.3 Å². The number of hydrogen-bond donors (Lipinski definition) is 1. The van der Waals surface area contributed by atoms with Crippen molar-refractivity contribution in [3.63, 3.8) is 0 Å². The Balaban J connectivity index is 1.49. The third-order valence-electron chi connectivity index (χ3n) is 4.52. The zero-order chi connectivity index (χ0) is 17.5. The number of rotatable bonds is 6. The number of aromatic nitrogens is 2. The Hall–Kier alpha value is -1.79. The molecule has 0 radical (unpaired) electrons. The van der Waals surface area contributed by atoms with Crippen molar-refractivity contribution in [3.8, 4) is 10.7 Å². The minimum atomic E-state index is -0.0203. The molecule has 3 heterocycles. The Morgan fingerprint density at radius 1 is 1.24 bits per heavy atom. The summed E-state index contributed by atoms with van der Waals surface area (Å²) >= 11 is 1.41. The fourth-order valence-corrected chi connectivity index (χ4v) is 4.11. The molecule has 1 N–H and O–H groups in total. The molecule has 5 nitrogen and oxygen atoms in total. The highest BCUT2D eigenvalue weighted by molar-refractivity contribution is 7.17. The molecule has 0 bridgehead atoms. The highest BCUT2D eigenvalue weighted by atomic mass is 32.1. The summed E-state index contributed by atoms with van der Waals surface area (Å²) < 4.78 is 0. The van der Waals surface area contributed by atoms with E-state index >= 15 is 0 Å². The maximum atomic E-state index is 12.4. The molecule has 134 valence electrons. The van der Waals surface area contributed by atoms with E-state index in [4.69, 9.17) is 0 Å². The van der Waals surface area contributed by atoms with Gasteiger partial charge >= 0.3 is 0 Å². The number of nitrogens with zero attached hydrogens (tertiary/aromatic N) is 3. The lowest BCUT2D eigenvalue weighted by molar-refractivity contribution is 0.0955. The van der Waals surface area contributed by atoms with Gasteiger partial charge in [0.1, 0.15) is 9.88 Å². The van der Waals surface area contributed by atoms with E-state index in [2.05, 4.69) is 20.2 Å². The minimum Gasteiger partial charge on any atom is -0.351 e. The van der Waals surface area contributed by atoms with E-state index in [9.17, 15) is 4.79 Å². The molecule has 1 saturated heterocycles. The summed E-state index contributed by atoms with van der Waals surface area (Å²) in [5, 5.41) is 3.84. The largest absolute Gasteiger partial charge is 0.351 e. The van der Waals surface area contributed by atoms with Crippen LogP contribution in [0, 0.1) is 6.92 Å². The van der Waals surface area contributed by atoms with Crippen molar-refractivity contribution in [1.82, 2.24) is 20.2 Å². The van der Waals surface area contributed by atoms with Crippen LogP contribution in [0.1, 0.15) is 47.5 Å². The lowest BCUT2D eigenvalue weighted by atomic mass is 10.2. The van der Waals surface area contributed by atoms with Crippen LogP contribution in [0.4, 0.5) is 0 Å². The van der Waals surface area contributed by atoms with Gasteiger partial charge in [-0.25, -0.2) is 4.98 Å². The Labute approximate surface area is 153 Å². The van der Waals surface area contributed by atoms with Crippen molar-refractivity contribution < 1.29 is 4.79 Å². The molecule has 1 aliphatic heterocycles. The number of carbonyl (C=O) groups excluding carboxylic acids is 1. The summed E-state index contributed by atoms with van der Waals surface area (Å²) in [5.74, 6) is -0.0203. The Bertz CT molecular complexity index is 678. The second-order valence-corrected chi connectivity index (χ2v) is 7.51. The van der Waals surface area contributed by atoms with Crippen LogP contribution >= 0.6 is 11.3 Å². The molecular weight excluding hydrogens is 332 g/mol. The monoisotopic (exact) mass is 358 g/mol. The summed E-state index contributed by atoms with van der Waals surface area (Å²) in [5.41, 5.74) is 1.59. The summed E-state index contributed by atoms with van der Waals surface area (Å²) in [7, 11) is 0. The fraction of sp³-hybridized carbons (Fsp3) is 0.526. The van der Waals surface area contributed by atoms with Crippen LogP contribution in [-0.4, -0.2) is 47.0 Å². The number of pyridine rings is 1. The molecule has 0 aliphatic carbocycles. The van der Waals surface area contributed by atoms with Gasteiger partial charge in [0.25, 0.3) is 5.91 Å². The number of carbonyl (C=O) groups is 1. The number of aryl methyl sites for hydroxylation is 1. The van der Waals surface area contributed by atoms with Gasteiger partial charge in [0, 0.05) is 12.7 Å². The first kappa shape index (κ1) is 18.0. The molecule has 3 rings (SSSR count). The zero-order valence-electron chi connectivity index (χ0n) is 14.8. The predicted octanol–water partition coefficient (Wildman–Crippen LogP) is 3.51. The SMILES string of the molecule is Cc1nc(-c2ccccn2)sc1C(=O)NCCCN1CCCCCC1. The van der Waals surface area contributed by atoms with E-state index in [0.717, 1.165) is 29.4 Å². The van der Waals surface area contributed by atoms with Crippen LogP contribution in [-0.2, 0) is 0 Å². The molecule has 25 heavy (non-hydrogen) atoms. The maximum Gasteiger partial charge on any atom is 0.263 e. The van der Waals surface area contributed by atoms with Crippen molar-refractivity contribution >= 4 is 17.2 Å². The third-order valence-corrected chi connectivity index (χ3v) is 5.70. The summed E-state index contributed by atoms with van der Waals surface area (Å²) in [6, 6.07) is 5.73. The lowest BCUT2D eigenvalue weighted by Gasteiger charge is -2.19. The molecule has 1 amide bonds. The first-order chi connectivity index (χ1) is 12.2. The van der Waals surface area contributed by atoms with E-state index in [1.54, 1.807) is 6.20 Å². The summed E-state index contributed by atoms with van der Waals surface area (Å²) in [6.45, 7) is 6.08. The molecule has 0 atom stereocenters. The van der Waals surface area contributed by atoms with Crippen LogP contribution in [0.2, 0.25) is 0 Å². The van der Waals surface area contributed by atoms with Crippen molar-refractivity contribution in [3.05, 3.63) is 35.0 Å². The minimum absolute atomic E-state index is 0.0203. The molecule has 0 spiro atoms. The van der Waals surface area contributed by atoms with E-state index in [1.807, 2.05) is 25.1 Å². The average molecular weight is 359 g/mol. The maximum absolute atomic E-state index is 12.4. The molecule has 0 unspecified atom stereocenters. The number of thiazole rings is 1. The van der Waals surface area contributed by atoms with Gasteiger partial charge < -0.3 is 10.2 Å². The number of likely N-dealkylation sites (tertiary alicyclic amines) is 1.